The molecule has 8 heteroatoms. The molecule has 0 aliphatic carbocycles. The zero-order valence-electron chi connectivity index (χ0n) is 8.85. The Morgan fingerprint density at radius 2 is 1.94 bits per heavy atom. The van der Waals surface area contributed by atoms with Crippen molar-refractivity contribution in [3.05, 3.63) is 0 Å². The molecule has 0 spiro atoms. The summed E-state index contributed by atoms with van der Waals surface area (Å²) in [4.78, 5) is 21.9. The lowest BCUT2D eigenvalue weighted by atomic mass is 10.3. The van der Waals surface area contributed by atoms with Gasteiger partial charge in [0, 0.05) is 6.54 Å². The smallest absolute Gasteiger partial charge is 0.422 e. The van der Waals surface area contributed by atoms with Gasteiger partial charge in [-0.2, -0.15) is 13.2 Å². The average molecular weight is 242 g/mol. The maximum atomic E-state index is 11.6. The standard InChI is InChI=1S/C8H13F3N2O3/c1-3-12-6(14)5(2)13-7(15)16-4-8(9,10)11/h5H,3-4H2,1-2H3,(H,12,14)(H,13,15). The van der Waals surface area contributed by atoms with E-state index >= 15 is 0 Å². The number of rotatable bonds is 4. The molecule has 1 unspecified atom stereocenters. The van der Waals surface area contributed by atoms with Gasteiger partial charge in [0.15, 0.2) is 6.61 Å². The molecular weight excluding hydrogens is 229 g/mol. The van der Waals surface area contributed by atoms with Crippen molar-refractivity contribution in [3.63, 3.8) is 0 Å². The molecule has 1 atom stereocenters. The first-order valence-corrected chi connectivity index (χ1v) is 4.54. The van der Waals surface area contributed by atoms with Gasteiger partial charge in [-0.05, 0) is 13.8 Å². The minimum Gasteiger partial charge on any atom is -0.440 e. The summed E-state index contributed by atoms with van der Waals surface area (Å²) in [5.41, 5.74) is 0. The Balaban J connectivity index is 3.92. The van der Waals surface area contributed by atoms with Crippen molar-refractivity contribution in [2.45, 2.75) is 26.1 Å². The van der Waals surface area contributed by atoms with E-state index in [1.54, 1.807) is 6.92 Å². The number of amides is 2. The first-order valence-electron chi connectivity index (χ1n) is 4.54. The molecule has 0 aliphatic rings. The number of carbonyl (C=O) groups is 2. The largest absolute Gasteiger partial charge is 0.440 e. The van der Waals surface area contributed by atoms with E-state index in [-0.39, 0.29) is 0 Å². The molecule has 0 fully saturated rings. The molecule has 0 aromatic heterocycles. The van der Waals surface area contributed by atoms with Gasteiger partial charge in [0.05, 0.1) is 0 Å². The summed E-state index contributed by atoms with van der Waals surface area (Å²) in [6.07, 6.45) is -5.86. The van der Waals surface area contributed by atoms with Gasteiger partial charge in [-0.15, -0.1) is 0 Å². The van der Waals surface area contributed by atoms with Crippen molar-refractivity contribution in [2.75, 3.05) is 13.2 Å². The molecule has 0 saturated carbocycles. The molecule has 0 bridgehead atoms. The van der Waals surface area contributed by atoms with E-state index in [0.29, 0.717) is 6.54 Å². The number of halogens is 3. The predicted molar refractivity (Wildman–Crippen MR) is 48.7 cm³/mol. The monoisotopic (exact) mass is 242 g/mol. The molecular formula is C8H13F3N2O3. The molecule has 0 heterocycles. The highest BCUT2D eigenvalue weighted by atomic mass is 19.4. The normalized spacial score (nSPS) is 12.8. The maximum Gasteiger partial charge on any atom is 0.422 e. The van der Waals surface area contributed by atoms with E-state index in [4.69, 9.17) is 0 Å². The molecule has 2 amide bonds. The van der Waals surface area contributed by atoms with E-state index in [0.717, 1.165) is 0 Å². The van der Waals surface area contributed by atoms with E-state index in [2.05, 4.69) is 10.1 Å². The summed E-state index contributed by atoms with van der Waals surface area (Å²) in [6, 6.07) is -0.944. The second-order valence-electron chi connectivity index (χ2n) is 2.95. The fourth-order valence-electron chi connectivity index (χ4n) is 0.759. The number of carbonyl (C=O) groups excluding carboxylic acids is 2. The van der Waals surface area contributed by atoms with Crippen LogP contribution in [0.2, 0.25) is 0 Å². The highest BCUT2D eigenvalue weighted by Crippen LogP contribution is 2.14. The predicted octanol–water partition coefficient (Wildman–Crippen LogP) is 0.800. The third-order valence-corrected chi connectivity index (χ3v) is 1.45. The van der Waals surface area contributed by atoms with E-state index in [9.17, 15) is 22.8 Å². The van der Waals surface area contributed by atoms with E-state index < -0.39 is 30.8 Å². The van der Waals surface area contributed by atoms with E-state index in [1.807, 2.05) is 5.32 Å². The van der Waals surface area contributed by atoms with Gasteiger partial charge in [-0.1, -0.05) is 0 Å². The third kappa shape index (κ3) is 6.91. The van der Waals surface area contributed by atoms with Gasteiger partial charge in [-0.25, -0.2) is 4.79 Å². The van der Waals surface area contributed by atoms with Gasteiger partial charge >= 0.3 is 12.3 Å². The fraction of sp³-hybridized carbons (Fsp3) is 0.750. The van der Waals surface area contributed by atoms with Crippen LogP contribution in [-0.2, 0) is 9.53 Å². The minimum atomic E-state index is -4.58. The summed E-state index contributed by atoms with van der Waals surface area (Å²) >= 11 is 0. The average Bonchev–Trinajstić information content (AvgIpc) is 2.14. The summed E-state index contributed by atoms with van der Waals surface area (Å²) in [5, 5.41) is 4.36. The molecule has 0 aromatic carbocycles. The van der Waals surface area contributed by atoms with Crippen LogP contribution in [0.15, 0.2) is 0 Å². The molecule has 16 heavy (non-hydrogen) atoms. The molecule has 0 rings (SSSR count). The molecule has 94 valence electrons. The third-order valence-electron chi connectivity index (χ3n) is 1.45. The Labute approximate surface area is 90.3 Å². The minimum absolute atomic E-state index is 0.364. The van der Waals surface area contributed by atoms with Crippen LogP contribution < -0.4 is 10.6 Å². The molecule has 2 N–H and O–H groups in total. The first kappa shape index (κ1) is 14.5. The number of alkyl carbamates (subject to hydrolysis) is 1. The molecule has 0 saturated heterocycles. The lowest BCUT2D eigenvalue weighted by Crippen LogP contribution is -2.45. The highest BCUT2D eigenvalue weighted by Gasteiger charge is 2.30. The summed E-state index contributed by atoms with van der Waals surface area (Å²) in [6.45, 7) is 1.69. The van der Waals surface area contributed by atoms with Crippen LogP contribution in [0.4, 0.5) is 18.0 Å². The zero-order chi connectivity index (χ0) is 12.8. The Morgan fingerprint density at radius 1 is 1.38 bits per heavy atom. The summed E-state index contributed by atoms with van der Waals surface area (Å²) < 4.78 is 38.8. The lowest BCUT2D eigenvalue weighted by Gasteiger charge is -2.14. The number of hydrogen-bond donors (Lipinski definition) is 2. The van der Waals surface area contributed by atoms with Gasteiger partial charge in [0.2, 0.25) is 5.91 Å². The Morgan fingerprint density at radius 3 is 2.38 bits per heavy atom. The van der Waals surface area contributed by atoms with Crippen molar-refractivity contribution >= 4 is 12.0 Å². The fourth-order valence-corrected chi connectivity index (χ4v) is 0.759. The number of nitrogens with one attached hydrogen (secondary N) is 2. The van der Waals surface area contributed by atoms with Crippen LogP contribution in [0.5, 0.6) is 0 Å². The summed E-state index contributed by atoms with van der Waals surface area (Å²) in [5.74, 6) is -0.494. The SMILES string of the molecule is CCNC(=O)C(C)NC(=O)OCC(F)(F)F. The maximum absolute atomic E-state index is 11.6. The molecule has 0 aromatic rings. The Bertz CT molecular complexity index is 255. The lowest BCUT2D eigenvalue weighted by molar-refractivity contribution is -0.160. The van der Waals surface area contributed by atoms with Crippen LogP contribution >= 0.6 is 0 Å². The van der Waals surface area contributed by atoms with Gasteiger partial charge < -0.3 is 15.4 Å². The van der Waals surface area contributed by atoms with Crippen molar-refractivity contribution < 1.29 is 27.5 Å². The van der Waals surface area contributed by atoms with Crippen LogP contribution in [0.1, 0.15) is 13.8 Å². The first-order chi connectivity index (χ1) is 7.26. The summed E-state index contributed by atoms with van der Waals surface area (Å²) in [7, 11) is 0. The van der Waals surface area contributed by atoms with Crippen LogP contribution in [0.3, 0.4) is 0 Å². The van der Waals surface area contributed by atoms with Gasteiger partial charge in [0.25, 0.3) is 0 Å². The van der Waals surface area contributed by atoms with Crippen LogP contribution in [0.25, 0.3) is 0 Å². The second-order valence-corrected chi connectivity index (χ2v) is 2.95. The number of ether oxygens (including phenoxy) is 1. The topological polar surface area (TPSA) is 67.4 Å². The number of hydrogen-bond acceptors (Lipinski definition) is 3. The van der Waals surface area contributed by atoms with Crippen molar-refractivity contribution in [1.82, 2.24) is 10.6 Å². The zero-order valence-corrected chi connectivity index (χ0v) is 8.85. The highest BCUT2D eigenvalue weighted by molar-refractivity contribution is 5.85. The number of alkyl halides is 3. The number of likely N-dealkylation sites (N-methyl/N-ethyl adjacent to an activating group) is 1. The van der Waals surface area contributed by atoms with Crippen molar-refractivity contribution in [3.8, 4) is 0 Å². The van der Waals surface area contributed by atoms with Gasteiger partial charge in [0.1, 0.15) is 6.04 Å². The van der Waals surface area contributed by atoms with Crippen molar-refractivity contribution in [2.24, 2.45) is 0 Å². The van der Waals surface area contributed by atoms with E-state index in [1.165, 1.54) is 6.92 Å². The Kier molecular flexibility index (Phi) is 5.62. The van der Waals surface area contributed by atoms with Crippen molar-refractivity contribution in [1.29, 1.82) is 0 Å². The van der Waals surface area contributed by atoms with Gasteiger partial charge in [-0.3, -0.25) is 4.79 Å². The Hall–Kier alpha value is -1.47. The molecule has 5 nitrogen and oxygen atoms in total. The molecule has 0 radical (unpaired) electrons. The van der Waals surface area contributed by atoms with Crippen LogP contribution in [0, 0.1) is 0 Å². The quantitative estimate of drug-likeness (QED) is 0.766. The second kappa shape index (κ2) is 6.19. The molecule has 0 aliphatic heterocycles. The van der Waals surface area contributed by atoms with Crippen LogP contribution in [-0.4, -0.2) is 37.4 Å².